The number of rotatable bonds is 7. The maximum Gasteiger partial charge on any atom is 0.418 e. The molecule has 0 amide bonds. The zero-order valence-electron chi connectivity index (χ0n) is 12.1. The van der Waals surface area contributed by atoms with Gasteiger partial charge in [-0.2, -0.15) is 13.2 Å². The van der Waals surface area contributed by atoms with E-state index in [9.17, 15) is 18.3 Å². The van der Waals surface area contributed by atoms with Crippen molar-refractivity contribution in [3.8, 4) is 0 Å². The lowest BCUT2D eigenvalue weighted by molar-refractivity contribution is -0.207. The van der Waals surface area contributed by atoms with Crippen molar-refractivity contribution in [1.29, 1.82) is 0 Å². The Balaban J connectivity index is 3.14. The standard InChI is InChI=1S/C16H23F3O/c1-3-5-8-12-9-7-11-14(13(12)10-6-4-2)15(20)16(17,18)19/h7,9,11,15,20H,3-6,8,10H2,1-2H3. The Morgan fingerprint density at radius 3 is 2.20 bits per heavy atom. The summed E-state index contributed by atoms with van der Waals surface area (Å²) in [5.41, 5.74) is 1.66. The highest BCUT2D eigenvalue weighted by molar-refractivity contribution is 5.37. The molecule has 1 unspecified atom stereocenters. The normalized spacial score (nSPS) is 13.5. The van der Waals surface area contributed by atoms with Gasteiger partial charge in [-0.15, -0.1) is 0 Å². The lowest BCUT2D eigenvalue weighted by atomic mass is 9.91. The summed E-state index contributed by atoms with van der Waals surface area (Å²) < 4.78 is 38.3. The van der Waals surface area contributed by atoms with E-state index in [1.165, 1.54) is 6.07 Å². The summed E-state index contributed by atoms with van der Waals surface area (Å²) in [5, 5.41) is 9.56. The predicted octanol–water partition coefficient (Wildman–Crippen LogP) is 4.97. The molecular weight excluding hydrogens is 265 g/mol. The summed E-state index contributed by atoms with van der Waals surface area (Å²) in [6, 6.07) is 4.90. The van der Waals surface area contributed by atoms with Gasteiger partial charge in [-0.25, -0.2) is 0 Å². The fraction of sp³-hybridized carbons (Fsp3) is 0.625. The highest BCUT2D eigenvalue weighted by atomic mass is 19.4. The van der Waals surface area contributed by atoms with E-state index in [0.717, 1.165) is 37.7 Å². The van der Waals surface area contributed by atoms with E-state index < -0.39 is 12.3 Å². The zero-order valence-corrected chi connectivity index (χ0v) is 12.1. The Hall–Kier alpha value is -1.03. The molecule has 1 atom stereocenters. The van der Waals surface area contributed by atoms with E-state index in [0.29, 0.717) is 12.0 Å². The van der Waals surface area contributed by atoms with Crippen molar-refractivity contribution in [3.63, 3.8) is 0 Å². The maximum absolute atomic E-state index is 12.8. The van der Waals surface area contributed by atoms with Gasteiger partial charge in [0.25, 0.3) is 0 Å². The molecule has 0 saturated carbocycles. The van der Waals surface area contributed by atoms with E-state index in [2.05, 4.69) is 6.92 Å². The van der Waals surface area contributed by atoms with Crippen molar-refractivity contribution in [2.75, 3.05) is 0 Å². The molecule has 0 saturated heterocycles. The Morgan fingerprint density at radius 2 is 1.65 bits per heavy atom. The van der Waals surface area contributed by atoms with Crippen LogP contribution in [0.25, 0.3) is 0 Å². The first-order valence-corrected chi connectivity index (χ1v) is 7.27. The van der Waals surface area contributed by atoms with Crippen LogP contribution in [-0.4, -0.2) is 11.3 Å². The van der Waals surface area contributed by atoms with Gasteiger partial charge < -0.3 is 5.11 Å². The molecule has 0 aromatic heterocycles. The lowest BCUT2D eigenvalue weighted by Gasteiger charge is -2.21. The van der Waals surface area contributed by atoms with Gasteiger partial charge in [-0.05, 0) is 42.4 Å². The van der Waals surface area contributed by atoms with Crippen molar-refractivity contribution >= 4 is 0 Å². The van der Waals surface area contributed by atoms with E-state index in [1.807, 2.05) is 13.0 Å². The second-order valence-electron chi connectivity index (χ2n) is 5.14. The Labute approximate surface area is 118 Å². The highest BCUT2D eigenvalue weighted by Crippen LogP contribution is 2.35. The highest BCUT2D eigenvalue weighted by Gasteiger charge is 2.40. The van der Waals surface area contributed by atoms with Crippen LogP contribution in [0.4, 0.5) is 13.2 Å². The monoisotopic (exact) mass is 288 g/mol. The van der Waals surface area contributed by atoms with Gasteiger partial charge >= 0.3 is 6.18 Å². The molecule has 0 spiro atoms. The van der Waals surface area contributed by atoms with Crippen LogP contribution in [0.5, 0.6) is 0 Å². The predicted molar refractivity (Wildman–Crippen MR) is 74.7 cm³/mol. The summed E-state index contributed by atoms with van der Waals surface area (Å²) >= 11 is 0. The molecule has 1 aromatic rings. The van der Waals surface area contributed by atoms with Crippen LogP contribution in [0.1, 0.15) is 62.3 Å². The Kier molecular flexibility index (Phi) is 6.53. The summed E-state index contributed by atoms with van der Waals surface area (Å²) in [6.07, 6.45) is -1.91. The average Bonchev–Trinajstić information content (AvgIpc) is 2.41. The van der Waals surface area contributed by atoms with Gasteiger partial charge in [0, 0.05) is 0 Å². The average molecular weight is 288 g/mol. The van der Waals surface area contributed by atoms with Crippen LogP contribution in [0.3, 0.4) is 0 Å². The van der Waals surface area contributed by atoms with Gasteiger partial charge in [0.05, 0.1) is 0 Å². The number of benzene rings is 1. The molecule has 1 N–H and O–H groups in total. The molecule has 0 aliphatic rings. The molecule has 0 heterocycles. The molecule has 0 fully saturated rings. The van der Waals surface area contributed by atoms with Crippen LogP contribution < -0.4 is 0 Å². The summed E-state index contributed by atoms with van der Waals surface area (Å²) in [4.78, 5) is 0. The summed E-state index contributed by atoms with van der Waals surface area (Å²) in [7, 11) is 0. The van der Waals surface area contributed by atoms with Crippen LogP contribution in [0.2, 0.25) is 0 Å². The van der Waals surface area contributed by atoms with E-state index in [-0.39, 0.29) is 5.56 Å². The SMILES string of the molecule is CCCCc1cccc(C(O)C(F)(F)F)c1CCCC. The summed E-state index contributed by atoms with van der Waals surface area (Å²) in [6.45, 7) is 4.06. The van der Waals surface area contributed by atoms with Crippen LogP contribution in [0.15, 0.2) is 18.2 Å². The van der Waals surface area contributed by atoms with Crippen molar-refractivity contribution in [1.82, 2.24) is 0 Å². The molecule has 1 nitrogen and oxygen atoms in total. The largest absolute Gasteiger partial charge is 0.418 e. The maximum atomic E-state index is 12.8. The van der Waals surface area contributed by atoms with Crippen molar-refractivity contribution < 1.29 is 18.3 Å². The van der Waals surface area contributed by atoms with E-state index in [4.69, 9.17) is 0 Å². The number of alkyl halides is 3. The first-order valence-electron chi connectivity index (χ1n) is 7.27. The molecule has 1 rings (SSSR count). The first-order chi connectivity index (χ1) is 9.41. The van der Waals surface area contributed by atoms with Gasteiger partial charge in [0.1, 0.15) is 0 Å². The molecule has 4 heteroatoms. The van der Waals surface area contributed by atoms with Crippen LogP contribution >= 0.6 is 0 Å². The number of aryl methyl sites for hydroxylation is 1. The number of halogens is 3. The van der Waals surface area contributed by atoms with E-state index in [1.54, 1.807) is 6.07 Å². The Morgan fingerprint density at radius 1 is 1.05 bits per heavy atom. The molecule has 0 aliphatic carbocycles. The number of hydrogen-bond donors (Lipinski definition) is 1. The molecule has 20 heavy (non-hydrogen) atoms. The van der Waals surface area contributed by atoms with Gasteiger partial charge in [-0.3, -0.25) is 0 Å². The minimum atomic E-state index is -4.61. The molecular formula is C16H23F3O. The van der Waals surface area contributed by atoms with Gasteiger partial charge in [0.15, 0.2) is 6.10 Å². The second-order valence-corrected chi connectivity index (χ2v) is 5.14. The number of aliphatic hydroxyl groups excluding tert-OH is 1. The number of unbranched alkanes of at least 4 members (excludes halogenated alkanes) is 2. The fourth-order valence-corrected chi connectivity index (χ4v) is 2.35. The fourth-order valence-electron chi connectivity index (χ4n) is 2.35. The topological polar surface area (TPSA) is 20.2 Å². The van der Waals surface area contributed by atoms with Crippen molar-refractivity contribution in [2.45, 2.75) is 64.7 Å². The molecule has 1 aromatic carbocycles. The van der Waals surface area contributed by atoms with Crippen LogP contribution in [0, 0.1) is 0 Å². The first kappa shape index (κ1) is 17.0. The minimum absolute atomic E-state index is 0.0274. The third kappa shape index (κ3) is 4.51. The van der Waals surface area contributed by atoms with Crippen molar-refractivity contribution in [3.05, 3.63) is 34.9 Å². The quantitative estimate of drug-likeness (QED) is 0.751. The zero-order chi connectivity index (χ0) is 15.2. The molecule has 0 aliphatic heterocycles. The smallest absolute Gasteiger partial charge is 0.379 e. The molecule has 0 bridgehead atoms. The Bertz CT molecular complexity index is 413. The summed E-state index contributed by atoms with van der Waals surface area (Å²) in [5.74, 6) is 0. The van der Waals surface area contributed by atoms with Crippen molar-refractivity contribution in [2.24, 2.45) is 0 Å². The number of hydrogen-bond acceptors (Lipinski definition) is 1. The lowest BCUT2D eigenvalue weighted by Crippen LogP contribution is -2.22. The van der Waals surface area contributed by atoms with Gasteiger partial charge in [-0.1, -0.05) is 44.9 Å². The number of aliphatic hydroxyl groups is 1. The minimum Gasteiger partial charge on any atom is -0.379 e. The van der Waals surface area contributed by atoms with Gasteiger partial charge in [0.2, 0.25) is 0 Å². The van der Waals surface area contributed by atoms with Crippen LogP contribution in [-0.2, 0) is 12.8 Å². The molecule has 114 valence electrons. The third-order valence-electron chi connectivity index (χ3n) is 3.49. The third-order valence-corrected chi connectivity index (χ3v) is 3.49. The molecule has 0 radical (unpaired) electrons. The van der Waals surface area contributed by atoms with E-state index >= 15 is 0 Å². The second kappa shape index (κ2) is 7.67.